The molecule has 1 heterocycles. The van der Waals surface area contributed by atoms with Gasteiger partial charge in [0.15, 0.2) is 5.78 Å². The van der Waals surface area contributed by atoms with Crippen molar-refractivity contribution in [2.45, 2.75) is 0 Å². The number of carbonyl (C=O) groups excluding carboxylic acids is 1. The van der Waals surface area contributed by atoms with Gasteiger partial charge in [-0.1, -0.05) is 15.9 Å². The molecule has 0 saturated heterocycles. The Bertz CT molecular complexity index is 930. The average molecular weight is 522 g/mol. The molecule has 21 heavy (non-hydrogen) atoms. The van der Waals surface area contributed by atoms with Crippen LogP contribution in [0.25, 0.3) is 11.0 Å². The number of halogens is 3. The number of H-pyrrole nitrogens is 2. The molecule has 0 aliphatic heterocycles. The number of nitrogens with one attached hydrogen (secondary N) is 2. The van der Waals surface area contributed by atoms with Gasteiger partial charge in [-0.2, -0.15) is 0 Å². The molecule has 0 aliphatic rings. The molecule has 0 unspecified atom stereocenters. The van der Waals surface area contributed by atoms with E-state index in [0.717, 1.165) is 8.04 Å². The van der Waals surface area contributed by atoms with Gasteiger partial charge in [0, 0.05) is 23.6 Å². The van der Waals surface area contributed by atoms with Gasteiger partial charge in [-0.05, 0) is 68.9 Å². The maximum absolute atomic E-state index is 12.7. The average Bonchev–Trinajstić information content (AvgIpc) is 2.79. The van der Waals surface area contributed by atoms with Gasteiger partial charge in [0.1, 0.15) is 0 Å². The highest BCUT2D eigenvalue weighted by molar-refractivity contribution is 14.1. The molecule has 0 spiro atoms. The van der Waals surface area contributed by atoms with Gasteiger partial charge >= 0.3 is 5.69 Å². The molecular weight excluding hydrogens is 515 g/mol. The molecule has 4 nitrogen and oxygen atoms in total. The number of ketones is 1. The standard InChI is InChI=1S/C14H7Br2IN2O2/c15-6-1-2-10(17)8(3-6)13(20)7-4-11-12(5-9(7)16)19-14(21)18-11/h1-5H,(H2,18,19,21). The highest BCUT2D eigenvalue weighted by atomic mass is 127. The Morgan fingerprint density at radius 3 is 2.38 bits per heavy atom. The summed E-state index contributed by atoms with van der Waals surface area (Å²) in [6.07, 6.45) is 0. The summed E-state index contributed by atoms with van der Waals surface area (Å²) in [5, 5.41) is 0. The first-order valence-corrected chi connectivity index (χ1v) is 8.53. The van der Waals surface area contributed by atoms with E-state index in [2.05, 4.69) is 64.4 Å². The van der Waals surface area contributed by atoms with Crippen molar-refractivity contribution in [2.75, 3.05) is 0 Å². The van der Waals surface area contributed by atoms with Crippen LogP contribution in [0.4, 0.5) is 0 Å². The zero-order valence-corrected chi connectivity index (χ0v) is 15.7. The quantitative estimate of drug-likeness (QED) is 0.392. The number of carbonyl (C=O) groups is 1. The molecule has 0 radical (unpaired) electrons. The fourth-order valence-electron chi connectivity index (χ4n) is 2.05. The third-order valence-electron chi connectivity index (χ3n) is 3.02. The minimum absolute atomic E-state index is 0.100. The Morgan fingerprint density at radius 1 is 1.00 bits per heavy atom. The van der Waals surface area contributed by atoms with Gasteiger partial charge in [-0.3, -0.25) is 4.79 Å². The van der Waals surface area contributed by atoms with Crippen LogP contribution in [0.1, 0.15) is 15.9 Å². The third kappa shape index (κ3) is 2.86. The maximum Gasteiger partial charge on any atom is 0.323 e. The van der Waals surface area contributed by atoms with Gasteiger partial charge in [0.2, 0.25) is 0 Å². The second-order valence-electron chi connectivity index (χ2n) is 4.41. The lowest BCUT2D eigenvalue weighted by Gasteiger charge is -2.07. The van der Waals surface area contributed by atoms with Crippen molar-refractivity contribution in [3.05, 3.63) is 64.5 Å². The van der Waals surface area contributed by atoms with Crippen molar-refractivity contribution in [3.8, 4) is 0 Å². The van der Waals surface area contributed by atoms with Gasteiger partial charge in [0.05, 0.1) is 11.0 Å². The lowest BCUT2D eigenvalue weighted by atomic mass is 10.0. The van der Waals surface area contributed by atoms with Crippen LogP contribution in [0.3, 0.4) is 0 Å². The Morgan fingerprint density at radius 2 is 1.67 bits per heavy atom. The van der Waals surface area contributed by atoms with E-state index in [9.17, 15) is 9.59 Å². The summed E-state index contributed by atoms with van der Waals surface area (Å²) < 4.78 is 2.36. The predicted molar refractivity (Wildman–Crippen MR) is 96.9 cm³/mol. The SMILES string of the molecule is O=C(c1cc2[nH]c(=O)[nH]c2cc1Br)c1cc(Br)ccc1I. The van der Waals surface area contributed by atoms with Crippen LogP contribution in [0.5, 0.6) is 0 Å². The summed E-state index contributed by atoms with van der Waals surface area (Å²) in [6.45, 7) is 0. The summed E-state index contributed by atoms with van der Waals surface area (Å²) in [4.78, 5) is 29.4. The van der Waals surface area contributed by atoms with E-state index < -0.39 is 0 Å². The summed E-state index contributed by atoms with van der Waals surface area (Å²) in [5.41, 5.74) is 2.10. The number of fused-ring (bicyclic) bond motifs is 1. The second kappa shape index (κ2) is 5.69. The van der Waals surface area contributed by atoms with Gasteiger partial charge < -0.3 is 9.97 Å². The maximum atomic E-state index is 12.7. The number of aromatic nitrogens is 2. The molecule has 2 N–H and O–H groups in total. The molecule has 3 rings (SSSR count). The lowest BCUT2D eigenvalue weighted by Crippen LogP contribution is -2.05. The molecule has 1 aromatic heterocycles. The Labute approximate surface area is 149 Å². The van der Waals surface area contributed by atoms with E-state index in [-0.39, 0.29) is 11.5 Å². The summed E-state index contributed by atoms with van der Waals surface area (Å²) >= 11 is 8.91. The van der Waals surface area contributed by atoms with Crippen molar-refractivity contribution < 1.29 is 4.79 Å². The minimum Gasteiger partial charge on any atom is -0.306 e. The number of hydrogen-bond donors (Lipinski definition) is 2. The molecule has 0 aliphatic carbocycles. The van der Waals surface area contributed by atoms with Gasteiger partial charge in [-0.15, -0.1) is 0 Å². The van der Waals surface area contributed by atoms with Crippen LogP contribution < -0.4 is 5.69 Å². The van der Waals surface area contributed by atoms with E-state index in [1.807, 2.05) is 12.1 Å². The largest absolute Gasteiger partial charge is 0.323 e. The van der Waals surface area contributed by atoms with E-state index in [1.54, 1.807) is 18.2 Å². The fraction of sp³-hybridized carbons (Fsp3) is 0. The van der Waals surface area contributed by atoms with Crippen molar-refractivity contribution in [2.24, 2.45) is 0 Å². The Balaban J connectivity index is 2.19. The summed E-state index contributed by atoms with van der Waals surface area (Å²) in [6, 6.07) is 8.96. The number of aromatic amines is 2. The fourth-order valence-corrected chi connectivity index (χ4v) is 3.51. The smallest absolute Gasteiger partial charge is 0.306 e. The van der Waals surface area contributed by atoms with Crippen LogP contribution in [-0.4, -0.2) is 15.8 Å². The summed E-state index contributed by atoms with van der Waals surface area (Å²) in [5.74, 6) is -0.100. The number of benzene rings is 2. The topological polar surface area (TPSA) is 65.7 Å². The van der Waals surface area contributed by atoms with Crippen molar-refractivity contribution in [1.29, 1.82) is 0 Å². The normalized spacial score (nSPS) is 11.0. The van der Waals surface area contributed by atoms with Crippen LogP contribution >= 0.6 is 54.5 Å². The third-order valence-corrected chi connectivity index (χ3v) is 5.11. The highest BCUT2D eigenvalue weighted by Crippen LogP contribution is 2.27. The van der Waals surface area contributed by atoms with Gasteiger partial charge in [0.25, 0.3) is 0 Å². The van der Waals surface area contributed by atoms with Crippen LogP contribution in [0, 0.1) is 3.57 Å². The molecule has 0 saturated carbocycles. The Kier molecular flexibility index (Phi) is 4.06. The zero-order valence-electron chi connectivity index (χ0n) is 10.3. The number of imidazole rings is 1. The minimum atomic E-state index is -0.293. The molecule has 0 atom stereocenters. The first kappa shape index (κ1) is 15.0. The molecule has 0 bridgehead atoms. The van der Waals surface area contributed by atoms with E-state index >= 15 is 0 Å². The van der Waals surface area contributed by atoms with E-state index in [4.69, 9.17) is 0 Å². The molecule has 3 aromatic rings. The van der Waals surface area contributed by atoms with Crippen molar-refractivity contribution in [3.63, 3.8) is 0 Å². The molecule has 106 valence electrons. The van der Waals surface area contributed by atoms with Crippen LogP contribution in [-0.2, 0) is 0 Å². The van der Waals surface area contributed by atoms with E-state index in [0.29, 0.717) is 26.6 Å². The monoisotopic (exact) mass is 520 g/mol. The number of hydrogen-bond acceptors (Lipinski definition) is 2. The molecule has 0 amide bonds. The highest BCUT2D eigenvalue weighted by Gasteiger charge is 2.17. The first-order chi connectivity index (χ1) is 9.95. The van der Waals surface area contributed by atoms with Gasteiger partial charge in [-0.25, -0.2) is 4.79 Å². The molecule has 2 aromatic carbocycles. The number of rotatable bonds is 2. The molecular formula is C14H7Br2IN2O2. The van der Waals surface area contributed by atoms with Crippen molar-refractivity contribution in [1.82, 2.24) is 9.97 Å². The van der Waals surface area contributed by atoms with Crippen molar-refractivity contribution >= 4 is 71.3 Å². The Hall–Kier alpha value is -0.930. The second-order valence-corrected chi connectivity index (χ2v) is 7.34. The lowest BCUT2D eigenvalue weighted by molar-refractivity contribution is 0.103. The molecule has 7 heteroatoms. The van der Waals surface area contributed by atoms with Crippen LogP contribution in [0.15, 0.2) is 44.1 Å². The summed E-state index contributed by atoms with van der Waals surface area (Å²) in [7, 11) is 0. The first-order valence-electron chi connectivity index (χ1n) is 5.87. The molecule has 0 fully saturated rings. The zero-order chi connectivity index (χ0) is 15.1. The van der Waals surface area contributed by atoms with Crippen LogP contribution in [0.2, 0.25) is 0 Å². The predicted octanol–water partition coefficient (Wildman–Crippen LogP) is 4.22. The van der Waals surface area contributed by atoms with E-state index in [1.165, 1.54) is 0 Å².